The monoisotopic (exact) mass is 1830 g/mol. The van der Waals surface area contributed by atoms with Crippen molar-refractivity contribution in [3.05, 3.63) is 232 Å². The Hall–Kier alpha value is -6.39. The van der Waals surface area contributed by atoms with Crippen molar-refractivity contribution in [3.63, 3.8) is 0 Å². The average molecular weight is 1830 g/mol. The Morgan fingerprint density at radius 3 is 1.82 bits per heavy atom. The molecule has 1 aliphatic heterocycles. The van der Waals surface area contributed by atoms with Gasteiger partial charge in [0.2, 0.25) is 0 Å². The number of amides is 1. The number of hydrogen-bond acceptors (Lipinski definition) is 7. The van der Waals surface area contributed by atoms with Gasteiger partial charge >= 0.3 is 0 Å². The number of allylic oxidation sites excluding steroid dienone is 1. The zero-order valence-electron chi connectivity index (χ0n) is 66.3. The first-order valence-corrected chi connectivity index (χ1v) is 40.8. The number of aromatic hydroxyl groups is 2. The molecule has 2 N–H and O–H groups in total. The number of carbonyl (C=O) groups excluding carboxylic acids is 1. The van der Waals surface area contributed by atoms with Gasteiger partial charge in [0.15, 0.2) is 0 Å². The molecular formula is C97H116IrN6Ni2O3Pd-2. The fourth-order valence-electron chi connectivity index (χ4n) is 19.4. The molecule has 6 aromatic carbocycles. The van der Waals surface area contributed by atoms with Crippen molar-refractivity contribution in [1.29, 1.82) is 0 Å². The van der Waals surface area contributed by atoms with E-state index in [9.17, 15) is 15.0 Å². The van der Waals surface area contributed by atoms with Crippen LogP contribution in [0.1, 0.15) is 268 Å². The maximum atomic E-state index is 11.6. The Balaban J connectivity index is 0.000000169. The summed E-state index contributed by atoms with van der Waals surface area (Å²) in [5.74, 6) is 1.09. The maximum Gasteiger partial charge on any atom is 0.125 e. The molecule has 1 radical (unpaired) electrons. The summed E-state index contributed by atoms with van der Waals surface area (Å²) in [5, 5.41) is 35.6. The van der Waals surface area contributed by atoms with Crippen LogP contribution in [0.2, 0.25) is 0 Å². The predicted molar refractivity (Wildman–Crippen MR) is 441 cm³/mol. The van der Waals surface area contributed by atoms with Gasteiger partial charge in [-0.3, -0.25) is 19.6 Å². The Kier molecular flexibility index (Phi) is 31.5. The number of benzene rings is 6. The number of carbonyl (C=O) groups is 1. The van der Waals surface area contributed by atoms with Crippen molar-refractivity contribution < 1.29 is 88.5 Å². The second kappa shape index (κ2) is 39.6. The zero-order chi connectivity index (χ0) is 73.9. The van der Waals surface area contributed by atoms with E-state index < -0.39 is 0 Å². The van der Waals surface area contributed by atoms with Crippen LogP contribution in [0, 0.1) is 27.7 Å². The van der Waals surface area contributed by atoms with Crippen LogP contribution in [-0.4, -0.2) is 40.9 Å². The number of phenols is 2. The van der Waals surface area contributed by atoms with Gasteiger partial charge in [-0.2, -0.15) is 28.9 Å². The second-order valence-corrected chi connectivity index (χ2v) is 33.7. The molecule has 0 bridgehead atoms. The van der Waals surface area contributed by atoms with E-state index in [1.165, 1.54) is 219 Å². The molecule has 0 spiro atoms. The van der Waals surface area contributed by atoms with Crippen LogP contribution in [0.5, 0.6) is 11.5 Å². The van der Waals surface area contributed by atoms with Crippen LogP contribution in [0.15, 0.2) is 187 Å². The molecule has 6 aliphatic rings. The molecule has 1 unspecified atom stereocenters. The van der Waals surface area contributed by atoms with Crippen LogP contribution in [0.4, 0.5) is 0 Å². The van der Waals surface area contributed by atoms with Crippen LogP contribution in [0.25, 0.3) is 72.0 Å². The van der Waals surface area contributed by atoms with Gasteiger partial charge in [0.25, 0.3) is 0 Å². The minimum Gasteiger partial charge on any atom is -0.623 e. The molecule has 1 amide bonds. The molecule has 5 heterocycles. The third kappa shape index (κ3) is 20.8. The topological polar surface area (TPSA) is 128 Å². The van der Waals surface area contributed by atoms with Crippen molar-refractivity contribution in [1.82, 2.24) is 24.7 Å². The molecule has 5 aliphatic carbocycles. The second-order valence-electron chi connectivity index (χ2n) is 33.7. The van der Waals surface area contributed by atoms with Gasteiger partial charge in [-0.25, -0.2) is 0 Å². The van der Waals surface area contributed by atoms with E-state index in [2.05, 4.69) is 176 Å². The molecule has 1 atom stereocenters. The minimum absolute atomic E-state index is 0. The quantitative estimate of drug-likeness (QED) is 0.0442. The molecule has 4 aromatic heterocycles. The number of rotatable bonds is 20. The van der Waals surface area contributed by atoms with E-state index in [4.69, 9.17) is 5.10 Å². The van der Waals surface area contributed by atoms with Gasteiger partial charge in [-0.05, 0) is 260 Å². The van der Waals surface area contributed by atoms with Gasteiger partial charge in [0, 0.05) is 114 Å². The number of phenolic OH excluding ortho intramolecular Hbond substituents is 2. The van der Waals surface area contributed by atoms with Crippen molar-refractivity contribution in [2.24, 2.45) is 21.7 Å². The molecule has 9 nitrogen and oxygen atoms in total. The van der Waals surface area contributed by atoms with Crippen molar-refractivity contribution in [3.8, 4) is 39.7 Å². The fraction of sp³-hybridized carbons (Fsp3) is 0.454. The average Bonchev–Trinajstić information content (AvgIpc) is 1.45. The molecule has 16 rings (SSSR count). The van der Waals surface area contributed by atoms with Gasteiger partial charge in [0.1, 0.15) is 11.5 Å². The van der Waals surface area contributed by atoms with Crippen LogP contribution >= 0.6 is 0 Å². The summed E-state index contributed by atoms with van der Waals surface area (Å²) in [6.07, 6.45) is 49.3. The van der Waals surface area contributed by atoms with Crippen LogP contribution < -0.4 is 0 Å². The van der Waals surface area contributed by atoms with Crippen LogP contribution in [0.3, 0.4) is 0 Å². The first kappa shape index (κ1) is 87.6. The Labute approximate surface area is 704 Å². The number of aromatic nitrogens is 5. The molecule has 110 heavy (non-hydrogen) atoms. The third-order valence-corrected chi connectivity index (χ3v) is 26.5. The van der Waals surface area contributed by atoms with E-state index in [-0.39, 0.29) is 84.8 Å². The zero-order valence-corrected chi connectivity index (χ0v) is 72.2. The first-order chi connectivity index (χ1) is 51.4. The Bertz CT molecular complexity index is 4760. The smallest absolute Gasteiger partial charge is 0.125 e. The van der Waals surface area contributed by atoms with E-state index >= 15 is 0 Å². The summed E-state index contributed by atoms with van der Waals surface area (Å²) in [6.45, 7) is 18.0. The van der Waals surface area contributed by atoms with E-state index in [0.717, 1.165) is 85.1 Å². The molecule has 5 saturated carbocycles. The summed E-state index contributed by atoms with van der Waals surface area (Å²) in [7, 11) is 0. The van der Waals surface area contributed by atoms with Crippen molar-refractivity contribution >= 4 is 44.4 Å². The number of nitrogens with zero attached hydrogens (tertiary/aromatic N) is 6. The third-order valence-electron chi connectivity index (χ3n) is 26.5. The molecule has 0 saturated heterocycles. The van der Waals surface area contributed by atoms with E-state index in [0.29, 0.717) is 39.1 Å². The SMILES string of the molecule is CC1(Cc2ccc(O)c(-c3cc4ccccc4cn3)c2)CCCC1.CC1=C(C)C(=Cc2cc(C3(C)CCCC3)ccn2)[N-]C1=O.CCC1(Cc2cc[c-]c(-n3ncc4cc(C(C)C5(CC)CCCC5)ccc43)c2)CCCC1.CCCCCCC1(Cc2ccnc(-c3cc4ccccc4cc3O)c2)CCCC1.[Ir].[Ni].[Ni].[Pd]. The normalized spacial score (nSPS) is 18.2. The summed E-state index contributed by atoms with van der Waals surface area (Å²) < 4.78 is 2.09. The number of hydrogen-bond donors (Lipinski definition) is 2. The summed E-state index contributed by atoms with van der Waals surface area (Å²) in [6, 6.07) is 54.2. The van der Waals surface area contributed by atoms with Gasteiger partial charge in [0.05, 0.1) is 34.7 Å². The number of fused-ring (bicyclic) bond motifs is 3. The Morgan fingerprint density at radius 2 is 1.15 bits per heavy atom. The minimum atomic E-state index is -0.127. The summed E-state index contributed by atoms with van der Waals surface area (Å²) >= 11 is 0. The predicted octanol–water partition coefficient (Wildman–Crippen LogP) is 26.3. The van der Waals surface area contributed by atoms with Crippen molar-refractivity contribution in [2.75, 3.05) is 0 Å². The molecular weight excluding hydrogens is 1710 g/mol. The maximum absolute atomic E-state index is 11.6. The molecule has 10 aromatic rings. The fourth-order valence-corrected chi connectivity index (χ4v) is 19.4. The number of unbranched alkanes of at least 4 members (excludes halogenated alkanes) is 3. The van der Waals surface area contributed by atoms with Crippen molar-refractivity contribution in [2.45, 2.75) is 259 Å². The number of pyridine rings is 3. The first-order valence-electron chi connectivity index (χ1n) is 40.8. The largest absolute Gasteiger partial charge is 0.623 e. The van der Waals surface area contributed by atoms with Gasteiger partial charge < -0.3 is 20.3 Å². The molecule has 13 heteroatoms. The summed E-state index contributed by atoms with van der Waals surface area (Å²) in [4.78, 5) is 25.2. The summed E-state index contributed by atoms with van der Waals surface area (Å²) in [5.41, 5.74) is 18.0. The van der Waals surface area contributed by atoms with E-state index in [1.807, 2.05) is 87.2 Å². The van der Waals surface area contributed by atoms with Gasteiger partial charge in [-0.15, -0.1) is 11.8 Å². The molecule has 593 valence electrons. The molecule has 5 fully saturated rings. The van der Waals surface area contributed by atoms with Gasteiger partial charge in [-0.1, -0.05) is 210 Å². The van der Waals surface area contributed by atoms with Crippen LogP contribution in [-0.2, 0) is 103 Å². The standard InChI is InChI=1S/C30H39N2.C27H33NO.C22H23NO.C18H22N2O.Ir.2Ni.Pd/c1-4-29(15-6-7-16-29)21-24-11-10-12-27(19-24)32-28-14-13-25(20-26(28)22-31-32)23(3)30(5-2)17-8-9-18-30;1-2-3-4-7-13-27(14-8-9-15-27)20-21-12-16-28-25(17-21)24-18-22-10-5-6-11-23(22)19-26(24)29;1-22(10-4-5-11-22)14-16-8-9-21(24)19(12-16)20-13-17-6-2-3-7-18(17)15-23-20;1-12-13(2)17(21)20-16(12)11-15-10-14(6-9-19-15)18(3)7-4-5-8-18;;;;/h10-11,13-14,19-20,22-23H,4-9,15-18,21H2,1-3H3;5-6,10-12,16-19,29H,2-4,7-9,13-15,20H2,1H3;2-3,6-9,12-13,15,24H,4-5,10-11,14H2,1H3;6,9-11H,4-5,7-8H2,1-3H3,(H,19,20,21);;;;/q-1;;;;;;;/p-1. The van der Waals surface area contributed by atoms with E-state index in [1.54, 1.807) is 0 Å². The Morgan fingerprint density at radius 1 is 0.545 bits per heavy atom.